The molecule has 6 rings (SSSR count). The maximum atomic E-state index is 6.38. The highest BCUT2D eigenvalue weighted by Crippen LogP contribution is 2.55. The summed E-state index contributed by atoms with van der Waals surface area (Å²) >= 11 is 6.38. The van der Waals surface area contributed by atoms with Crippen molar-refractivity contribution in [1.29, 1.82) is 0 Å². The Morgan fingerprint density at radius 3 is 1.81 bits per heavy atom. The minimum absolute atomic E-state index is 0.0947. The quantitative estimate of drug-likeness (QED) is 0.110. The zero-order valence-electron chi connectivity index (χ0n) is 26.2. The van der Waals surface area contributed by atoms with Crippen LogP contribution in [0.25, 0.3) is 44.2 Å². The number of fused-ring (bicyclic) bond motifs is 6. The molecule has 0 aliphatic heterocycles. The Bertz CT molecular complexity index is 1660. The first kappa shape index (κ1) is 30.0. The van der Waals surface area contributed by atoms with Crippen molar-refractivity contribution in [2.75, 3.05) is 0 Å². The Hall–Kier alpha value is -3.03. The third-order valence-electron chi connectivity index (χ3n) is 9.95. The molecule has 1 heterocycles. The summed E-state index contributed by atoms with van der Waals surface area (Å²) in [6, 6.07) is 29.1. The molecule has 0 saturated carbocycles. The van der Waals surface area contributed by atoms with E-state index in [0.29, 0.717) is 0 Å². The maximum absolute atomic E-state index is 6.38. The van der Waals surface area contributed by atoms with Crippen molar-refractivity contribution in [3.05, 3.63) is 95.0 Å². The fourth-order valence-corrected chi connectivity index (χ4v) is 7.81. The van der Waals surface area contributed by atoms with Gasteiger partial charge >= 0.3 is 0 Å². The molecule has 0 atom stereocenters. The molecule has 1 aromatic heterocycles. The van der Waals surface area contributed by atoms with Gasteiger partial charge < -0.3 is 4.42 Å². The van der Waals surface area contributed by atoms with E-state index >= 15 is 0 Å². The van der Waals surface area contributed by atoms with E-state index in [0.717, 1.165) is 27.0 Å². The minimum atomic E-state index is 0.0947. The van der Waals surface area contributed by atoms with Crippen molar-refractivity contribution in [3.8, 4) is 22.3 Å². The van der Waals surface area contributed by atoms with Crippen LogP contribution in [0.5, 0.6) is 0 Å². The first-order valence-corrected chi connectivity index (χ1v) is 17.4. The lowest BCUT2D eigenvalue weighted by molar-refractivity contribution is 0.398. The standard InChI is InChI=1S/C41H47ClO/c1-3-5-7-9-11-15-25-41(26-16-12-10-8-6-4-2)37-18-14-13-17-33(37)34-22-19-31(28-38(34)41)30-20-23-39-35(27-30)36-29-32(42)21-24-40(36)43-39/h13-14,17-24,27-29H,3-12,15-16,25-26H2,1-2H3. The van der Waals surface area contributed by atoms with Crippen LogP contribution in [0.2, 0.25) is 5.02 Å². The van der Waals surface area contributed by atoms with E-state index in [9.17, 15) is 0 Å². The molecular weight excluding hydrogens is 544 g/mol. The molecule has 0 spiro atoms. The second-order valence-electron chi connectivity index (χ2n) is 12.9. The van der Waals surface area contributed by atoms with Gasteiger partial charge in [0.25, 0.3) is 0 Å². The molecule has 0 saturated heterocycles. The molecule has 0 radical (unpaired) electrons. The van der Waals surface area contributed by atoms with E-state index in [1.807, 2.05) is 18.2 Å². The number of furan rings is 1. The van der Waals surface area contributed by atoms with Gasteiger partial charge in [0, 0.05) is 21.2 Å². The predicted octanol–water partition coefficient (Wildman–Crippen LogP) is 13.7. The Balaban J connectivity index is 1.37. The third kappa shape index (κ3) is 6.16. The third-order valence-corrected chi connectivity index (χ3v) is 10.2. The summed E-state index contributed by atoms with van der Waals surface area (Å²) in [5.74, 6) is 0. The molecule has 5 aromatic rings. The molecule has 0 unspecified atom stereocenters. The van der Waals surface area contributed by atoms with Crippen LogP contribution >= 0.6 is 11.6 Å². The smallest absolute Gasteiger partial charge is 0.135 e. The number of rotatable bonds is 15. The fourth-order valence-electron chi connectivity index (χ4n) is 7.64. The Kier molecular flexibility index (Phi) is 9.58. The summed E-state index contributed by atoms with van der Waals surface area (Å²) in [7, 11) is 0. The molecule has 43 heavy (non-hydrogen) atoms. The van der Waals surface area contributed by atoms with Crippen molar-refractivity contribution in [2.45, 2.75) is 109 Å². The van der Waals surface area contributed by atoms with E-state index in [2.05, 4.69) is 74.5 Å². The lowest BCUT2D eigenvalue weighted by atomic mass is 9.70. The monoisotopic (exact) mass is 590 g/mol. The van der Waals surface area contributed by atoms with Crippen LogP contribution in [0.1, 0.15) is 115 Å². The number of unbranched alkanes of at least 4 members (excludes halogenated alkanes) is 10. The van der Waals surface area contributed by atoms with E-state index in [4.69, 9.17) is 16.0 Å². The zero-order chi connectivity index (χ0) is 29.6. The molecule has 1 aliphatic rings. The van der Waals surface area contributed by atoms with E-state index < -0.39 is 0 Å². The summed E-state index contributed by atoms with van der Waals surface area (Å²) in [6.45, 7) is 4.61. The summed E-state index contributed by atoms with van der Waals surface area (Å²) in [5.41, 5.74) is 10.4. The second kappa shape index (κ2) is 13.7. The van der Waals surface area contributed by atoms with Gasteiger partial charge in [0.1, 0.15) is 11.2 Å². The van der Waals surface area contributed by atoms with Gasteiger partial charge in [-0.25, -0.2) is 0 Å². The topological polar surface area (TPSA) is 13.1 Å². The molecule has 0 fully saturated rings. The lowest BCUT2D eigenvalue weighted by Gasteiger charge is -2.33. The van der Waals surface area contributed by atoms with E-state index in [1.54, 1.807) is 11.1 Å². The van der Waals surface area contributed by atoms with Gasteiger partial charge in [-0.2, -0.15) is 0 Å². The second-order valence-corrected chi connectivity index (χ2v) is 13.3. The molecule has 1 nitrogen and oxygen atoms in total. The van der Waals surface area contributed by atoms with Gasteiger partial charge in [0.2, 0.25) is 0 Å². The highest BCUT2D eigenvalue weighted by molar-refractivity contribution is 6.31. The Morgan fingerprint density at radius 1 is 0.535 bits per heavy atom. The van der Waals surface area contributed by atoms with E-state index in [-0.39, 0.29) is 5.41 Å². The average Bonchev–Trinajstić information content (AvgIpc) is 3.53. The maximum Gasteiger partial charge on any atom is 0.135 e. The number of hydrogen-bond donors (Lipinski definition) is 0. The fraction of sp³-hybridized carbons (Fsp3) is 0.415. The highest BCUT2D eigenvalue weighted by Gasteiger charge is 2.42. The summed E-state index contributed by atoms with van der Waals surface area (Å²) in [4.78, 5) is 0. The predicted molar refractivity (Wildman–Crippen MR) is 186 cm³/mol. The molecule has 0 bridgehead atoms. The molecule has 4 aromatic carbocycles. The van der Waals surface area contributed by atoms with Crippen LogP contribution in [0.4, 0.5) is 0 Å². The SMILES string of the molecule is CCCCCCCCC1(CCCCCCCC)c2ccccc2-c2ccc(-c3ccc4oc5ccc(Cl)cc5c4c3)cc21. The van der Waals surface area contributed by atoms with Gasteiger partial charge in [0.05, 0.1) is 0 Å². The van der Waals surface area contributed by atoms with Crippen molar-refractivity contribution in [2.24, 2.45) is 0 Å². The van der Waals surface area contributed by atoms with Gasteiger partial charge in [-0.3, -0.25) is 0 Å². The molecule has 0 N–H and O–H groups in total. The normalized spacial score (nSPS) is 13.6. The van der Waals surface area contributed by atoms with Gasteiger partial charge in [-0.05, 0) is 82.6 Å². The van der Waals surface area contributed by atoms with Gasteiger partial charge in [-0.15, -0.1) is 0 Å². The van der Waals surface area contributed by atoms with Crippen molar-refractivity contribution >= 4 is 33.5 Å². The lowest BCUT2D eigenvalue weighted by Crippen LogP contribution is -2.25. The van der Waals surface area contributed by atoms with Crippen molar-refractivity contribution < 1.29 is 4.42 Å². The van der Waals surface area contributed by atoms with E-state index in [1.165, 1.54) is 112 Å². The number of benzene rings is 4. The minimum Gasteiger partial charge on any atom is -0.456 e. The van der Waals surface area contributed by atoms with Crippen molar-refractivity contribution in [3.63, 3.8) is 0 Å². The van der Waals surface area contributed by atoms with Gasteiger partial charge in [0.15, 0.2) is 0 Å². The number of halogens is 1. The van der Waals surface area contributed by atoms with Crippen molar-refractivity contribution in [1.82, 2.24) is 0 Å². The average molecular weight is 591 g/mol. The Labute approximate surface area is 263 Å². The van der Waals surface area contributed by atoms with Crippen LogP contribution in [-0.4, -0.2) is 0 Å². The largest absolute Gasteiger partial charge is 0.456 e. The summed E-state index contributed by atoms with van der Waals surface area (Å²) < 4.78 is 6.15. The Morgan fingerprint density at radius 2 is 1.09 bits per heavy atom. The summed E-state index contributed by atoms with van der Waals surface area (Å²) in [5, 5.41) is 2.95. The number of hydrogen-bond acceptors (Lipinski definition) is 1. The molecule has 1 aliphatic carbocycles. The first-order valence-electron chi connectivity index (χ1n) is 17.0. The molecular formula is C41H47ClO. The van der Waals surface area contributed by atoms with Crippen LogP contribution in [-0.2, 0) is 5.41 Å². The van der Waals surface area contributed by atoms with Crippen LogP contribution < -0.4 is 0 Å². The zero-order valence-corrected chi connectivity index (χ0v) is 26.9. The molecule has 0 amide bonds. The van der Waals surface area contributed by atoms with Gasteiger partial charge in [-0.1, -0.05) is 145 Å². The molecule has 2 heteroatoms. The van der Waals surface area contributed by atoms with Crippen LogP contribution in [0.15, 0.2) is 83.3 Å². The molecule has 224 valence electrons. The highest BCUT2D eigenvalue weighted by atomic mass is 35.5. The summed E-state index contributed by atoms with van der Waals surface area (Å²) in [6.07, 6.45) is 18.5. The van der Waals surface area contributed by atoms with Crippen LogP contribution in [0.3, 0.4) is 0 Å². The first-order chi connectivity index (χ1) is 21.1. The van der Waals surface area contributed by atoms with Crippen LogP contribution in [0, 0.1) is 0 Å².